The van der Waals surface area contributed by atoms with Crippen molar-refractivity contribution in [3.8, 4) is 11.5 Å². The second-order valence-corrected chi connectivity index (χ2v) is 9.96. The fourth-order valence-corrected chi connectivity index (χ4v) is 5.60. The summed E-state index contributed by atoms with van der Waals surface area (Å²) in [5.74, 6) is 0.351. The van der Waals surface area contributed by atoms with E-state index in [9.17, 15) is 13.2 Å². The summed E-state index contributed by atoms with van der Waals surface area (Å²) in [4.78, 5) is 12.9. The number of carbonyl (C=O) groups excluding carboxylic acids is 1. The summed E-state index contributed by atoms with van der Waals surface area (Å²) in [6.45, 7) is 0.893. The van der Waals surface area contributed by atoms with Gasteiger partial charge in [-0.2, -0.15) is 4.31 Å². The zero-order valence-electron chi connectivity index (χ0n) is 16.9. The maximum absolute atomic E-state index is 13.0. The van der Waals surface area contributed by atoms with Crippen molar-refractivity contribution in [3.63, 3.8) is 0 Å². The molecule has 0 saturated carbocycles. The normalized spacial score (nSPS) is 14.3. The molecule has 0 aliphatic carbocycles. The summed E-state index contributed by atoms with van der Waals surface area (Å²) >= 11 is 12.4. The van der Waals surface area contributed by atoms with Crippen LogP contribution in [0, 0.1) is 0 Å². The molecule has 1 saturated heterocycles. The van der Waals surface area contributed by atoms with E-state index in [2.05, 4.69) is 5.32 Å². The quantitative estimate of drug-likeness (QED) is 0.471. The lowest BCUT2D eigenvalue weighted by molar-refractivity contribution is 0.102. The number of amides is 1. The summed E-state index contributed by atoms with van der Waals surface area (Å²) in [6.07, 6.45) is 1.61. The molecule has 0 radical (unpaired) electrons. The summed E-state index contributed by atoms with van der Waals surface area (Å²) < 4.78 is 33.2. The Balaban J connectivity index is 1.60. The van der Waals surface area contributed by atoms with Gasteiger partial charge in [-0.3, -0.25) is 4.79 Å². The van der Waals surface area contributed by atoms with Crippen molar-refractivity contribution in [2.75, 3.05) is 18.4 Å². The summed E-state index contributed by atoms with van der Waals surface area (Å²) in [5.41, 5.74) is 0.580. The topological polar surface area (TPSA) is 75.7 Å². The summed E-state index contributed by atoms with van der Waals surface area (Å²) in [7, 11) is -3.77. The minimum absolute atomic E-state index is 0.0747. The Morgan fingerprint density at radius 2 is 1.53 bits per heavy atom. The molecule has 32 heavy (non-hydrogen) atoms. The second-order valence-electron chi connectivity index (χ2n) is 7.24. The maximum atomic E-state index is 13.0. The molecule has 1 heterocycles. The first kappa shape index (κ1) is 22.6. The van der Waals surface area contributed by atoms with Gasteiger partial charge in [0.1, 0.15) is 10.6 Å². The van der Waals surface area contributed by atoms with Crippen LogP contribution in [0.3, 0.4) is 0 Å². The Morgan fingerprint density at radius 1 is 0.875 bits per heavy atom. The first-order chi connectivity index (χ1) is 15.4. The number of hydrogen-bond donors (Lipinski definition) is 1. The molecular formula is C23H20Cl2N2O4S. The Kier molecular flexibility index (Phi) is 6.71. The smallest absolute Gasteiger partial charge is 0.255 e. The van der Waals surface area contributed by atoms with Gasteiger partial charge in [-0.25, -0.2) is 8.42 Å². The van der Waals surface area contributed by atoms with Crippen LogP contribution in [0.4, 0.5) is 5.69 Å². The molecule has 3 aromatic rings. The van der Waals surface area contributed by atoms with Crippen LogP contribution in [0.5, 0.6) is 11.5 Å². The highest BCUT2D eigenvalue weighted by Crippen LogP contribution is 2.34. The van der Waals surface area contributed by atoms with Crippen LogP contribution in [0.15, 0.2) is 71.6 Å². The van der Waals surface area contributed by atoms with Gasteiger partial charge in [0, 0.05) is 18.7 Å². The number of ether oxygens (including phenoxy) is 1. The van der Waals surface area contributed by atoms with Crippen LogP contribution in [-0.2, 0) is 10.0 Å². The molecular weight excluding hydrogens is 471 g/mol. The van der Waals surface area contributed by atoms with Gasteiger partial charge in [0.25, 0.3) is 5.91 Å². The number of nitrogens with one attached hydrogen (secondary N) is 1. The van der Waals surface area contributed by atoms with Gasteiger partial charge in [0.15, 0.2) is 5.75 Å². The number of sulfonamides is 1. The maximum Gasteiger partial charge on any atom is 0.255 e. The molecule has 0 unspecified atom stereocenters. The average Bonchev–Trinajstić information content (AvgIpc) is 3.33. The molecule has 9 heteroatoms. The van der Waals surface area contributed by atoms with E-state index in [0.29, 0.717) is 35.3 Å². The standard InChI is InChI=1S/C23H20Cl2N2O4S/c24-17-7-1-3-9-20(17)31-21-10-4-2-8-19(21)26-23(28)16-11-12-18(25)22(15-16)32(29,30)27-13-5-6-14-27/h1-4,7-12,15H,5-6,13-14H2,(H,26,28). The fourth-order valence-electron chi connectivity index (χ4n) is 3.41. The van der Waals surface area contributed by atoms with Crippen molar-refractivity contribution in [2.45, 2.75) is 17.7 Å². The molecule has 1 amide bonds. The van der Waals surface area contributed by atoms with Crippen LogP contribution in [-0.4, -0.2) is 31.7 Å². The van der Waals surface area contributed by atoms with Crippen LogP contribution in [0.1, 0.15) is 23.2 Å². The Hall–Kier alpha value is -2.58. The molecule has 1 N–H and O–H groups in total. The van der Waals surface area contributed by atoms with E-state index in [-0.39, 0.29) is 15.5 Å². The lowest BCUT2D eigenvalue weighted by Gasteiger charge is -2.17. The highest BCUT2D eigenvalue weighted by atomic mass is 35.5. The SMILES string of the molecule is O=C(Nc1ccccc1Oc1ccccc1Cl)c1ccc(Cl)c(S(=O)(=O)N2CCCC2)c1. The van der Waals surface area contributed by atoms with Gasteiger partial charge in [-0.05, 0) is 55.3 Å². The molecule has 4 rings (SSSR count). The molecule has 0 atom stereocenters. The monoisotopic (exact) mass is 490 g/mol. The van der Waals surface area contributed by atoms with Gasteiger partial charge in [0.2, 0.25) is 10.0 Å². The minimum atomic E-state index is -3.77. The third kappa shape index (κ3) is 4.76. The zero-order valence-corrected chi connectivity index (χ0v) is 19.3. The minimum Gasteiger partial charge on any atom is -0.454 e. The van der Waals surface area contributed by atoms with Crippen LogP contribution < -0.4 is 10.1 Å². The number of anilines is 1. The van der Waals surface area contributed by atoms with Crippen LogP contribution in [0.25, 0.3) is 0 Å². The first-order valence-electron chi connectivity index (χ1n) is 9.99. The van der Waals surface area contributed by atoms with E-state index in [4.69, 9.17) is 27.9 Å². The van der Waals surface area contributed by atoms with Gasteiger partial charge < -0.3 is 10.1 Å². The van der Waals surface area contributed by atoms with Gasteiger partial charge >= 0.3 is 0 Å². The van der Waals surface area contributed by atoms with Crippen LogP contribution >= 0.6 is 23.2 Å². The number of benzene rings is 3. The van der Waals surface area contributed by atoms with E-state index < -0.39 is 15.9 Å². The van der Waals surface area contributed by atoms with Crippen LogP contribution in [0.2, 0.25) is 10.0 Å². The largest absolute Gasteiger partial charge is 0.454 e. The van der Waals surface area contributed by atoms with Crippen molar-refractivity contribution >= 4 is 44.8 Å². The van der Waals surface area contributed by atoms with Crippen molar-refractivity contribution in [2.24, 2.45) is 0 Å². The van der Waals surface area contributed by atoms with Crippen molar-refractivity contribution in [1.29, 1.82) is 0 Å². The summed E-state index contributed by atoms with van der Waals surface area (Å²) in [6, 6.07) is 18.1. The average molecular weight is 491 g/mol. The van der Waals surface area contributed by atoms with E-state index in [0.717, 1.165) is 12.8 Å². The second kappa shape index (κ2) is 9.50. The Morgan fingerprint density at radius 3 is 2.25 bits per heavy atom. The summed E-state index contributed by atoms with van der Waals surface area (Å²) in [5, 5.41) is 3.29. The van der Waals surface area contributed by atoms with Gasteiger partial charge in [-0.15, -0.1) is 0 Å². The number of para-hydroxylation sites is 3. The third-order valence-corrected chi connectivity index (χ3v) is 7.76. The molecule has 6 nitrogen and oxygen atoms in total. The van der Waals surface area contributed by atoms with E-state index in [1.807, 2.05) is 0 Å². The Bertz CT molecular complexity index is 1260. The molecule has 3 aromatic carbocycles. The van der Waals surface area contributed by atoms with E-state index in [1.165, 1.54) is 22.5 Å². The van der Waals surface area contributed by atoms with Crippen molar-refractivity contribution < 1.29 is 17.9 Å². The van der Waals surface area contributed by atoms with E-state index >= 15 is 0 Å². The molecule has 1 aliphatic heterocycles. The molecule has 0 spiro atoms. The number of rotatable bonds is 6. The van der Waals surface area contributed by atoms with Crippen molar-refractivity contribution in [1.82, 2.24) is 4.31 Å². The number of hydrogen-bond acceptors (Lipinski definition) is 4. The number of nitrogens with zero attached hydrogens (tertiary/aromatic N) is 1. The highest BCUT2D eigenvalue weighted by Gasteiger charge is 2.29. The van der Waals surface area contributed by atoms with Gasteiger partial charge in [-0.1, -0.05) is 47.5 Å². The first-order valence-corrected chi connectivity index (χ1v) is 12.2. The third-order valence-electron chi connectivity index (χ3n) is 5.07. The van der Waals surface area contributed by atoms with Gasteiger partial charge in [0.05, 0.1) is 15.7 Å². The Labute approximate surface area is 196 Å². The molecule has 1 aliphatic rings. The molecule has 1 fully saturated rings. The molecule has 0 aromatic heterocycles. The fraction of sp³-hybridized carbons (Fsp3) is 0.174. The lowest BCUT2D eigenvalue weighted by Crippen LogP contribution is -2.28. The number of halogens is 2. The van der Waals surface area contributed by atoms with Crippen molar-refractivity contribution in [3.05, 3.63) is 82.3 Å². The predicted octanol–water partition coefficient (Wildman–Crippen LogP) is 5.82. The predicted molar refractivity (Wildman–Crippen MR) is 125 cm³/mol. The molecule has 0 bridgehead atoms. The molecule has 166 valence electrons. The van der Waals surface area contributed by atoms with E-state index in [1.54, 1.807) is 48.5 Å². The zero-order chi connectivity index (χ0) is 22.7. The highest BCUT2D eigenvalue weighted by molar-refractivity contribution is 7.89. The lowest BCUT2D eigenvalue weighted by atomic mass is 10.2. The number of carbonyl (C=O) groups is 1.